The third kappa shape index (κ3) is 5.79. The molecule has 3 rings (SSSR count). The first-order chi connectivity index (χ1) is 13.6. The molecular formula is C23H24N2O2S. The second kappa shape index (κ2) is 9.85. The summed E-state index contributed by atoms with van der Waals surface area (Å²) in [6.45, 7) is 7.21. The van der Waals surface area contributed by atoms with Gasteiger partial charge in [0.1, 0.15) is 17.4 Å². The number of carbonyl (C=O) groups excluding carboxylic acids is 1. The number of rotatable bonds is 9. The van der Waals surface area contributed by atoms with Crippen LogP contribution in [-0.4, -0.2) is 22.3 Å². The molecule has 0 radical (unpaired) electrons. The molecule has 144 valence electrons. The van der Waals surface area contributed by atoms with Crippen molar-refractivity contribution in [1.82, 2.24) is 9.88 Å². The Bertz CT molecular complexity index is 921. The van der Waals surface area contributed by atoms with Gasteiger partial charge in [-0.25, -0.2) is 4.98 Å². The number of amides is 1. The summed E-state index contributed by atoms with van der Waals surface area (Å²) >= 11 is 1.55. The van der Waals surface area contributed by atoms with E-state index in [1.165, 1.54) is 0 Å². The number of ether oxygens (including phenoxy) is 1. The van der Waals surface area contributed by atoms with Gasteiger partial charge in [-0.15, -0.1) is 17.9 Å². The first-order valence-corrected chi connectivity index (χ1v) is 10.1. The van der Waals surface area contributed by atoms with E-state index in [0.29, 0.717) is 26.1 Å². The zero-order chi connectivity index (χ0) is 19.8. The number of hydrogen-bond acceptors (Lipinski definition) is 4. The summed E-state index contributed by atoms with van der Waals surface area (Å²) in [4.78, 5) is 19.1. The van der Waals surface area contributed by atoms with Gasteiger partial charge in [0.25, 0.3) is 0 Å². The number of benzene rings is 2. The minimum absolute atomic E-state index is 0.0664. The van der Waals surface area contributed by atoms with Gasteiger partial charge in [-0.1, -0.05) is 48.5 Å². The molecule has 28 heavy (non-hydrogen) atoms. The maximum Gasteiger partial charge on any atom is 0.227 e. The molecule has 5 heteroatoms. The van der Waals surface area contributed by atoms with Crippen LogP contribution in [0.15, 0.2) is 72.6 Å². The van der Waals surface area contributed by atoms with Gasteiger partial charge in [-0.2, -0.15) is 0 Å². The molecule has 0 fully saturated rings. The van der Waals surface area contributed by atoms with Crippen molar-refractivity contribution in [3.63, 3.8) is 0 Å². The smallest absolute Gasteiger partial charge is 0.227 e. The van der Waals surface area contributed by atoms with Crippen molar-refractivity contribution >= 4 is 17.2 Å². The fourth-order valence-electron chi connectivity index (χ4n) is 2.83. The summed E-state index contributed by atoms with van der Waals surface area (Å²) in [5.41, 5.74) is 3.04. The van der Waals surface area contributed by atoms with Gasteiger partial charge in [-0.05, 0) is 30.2 Å². The number of nitrogens with zero attached hydrogens (tertiary/aromatic N) is 2. The van der Waals surface area contributed by atoms with E-state index in [2.05, 4.69) is 11.6 Å². The van der Waals surface area contributed by atoms with Crippen LogP contribution in [0, 0.1) is 6.92 Å². The number of aromatic nitrogens is 1. The third-order valence-corrected chi connectivity index (χ3v) is 5.08. The Hall–Kier alpha value is -2.92. The number of hydrogen-bond donors (Lipinski definition) is 0. The minimum atomic E-state index is 0.0664. The van der Waals surface area contributed by atoms with Crippen molar-refractivity contribution < 1.29 is 9.53 Å². The lowest BCUT2D eigenvalue weighted by Gasteiger charge is -2.20. The maximum absolute atomic E-state index is 12.7. The van der Waals surface area contributed by atoms with Gasteiger partial charge in [0, 0.05) is 11.9 Å². The molecule has 0 aliphatic heterocycles. The van der Waals surface area contributed by atoms with Gasteiger partial charge in [0.15, 0.2) is 0 Å². The maximum atomic E-state index is 12.7. The number of thiazole rings is 1. The lowest BCUT2D eigenvalue weighted by atomic mass is 10.1. The standard InChI is InChI=1S/C23H24N2O2S/c1-3-12-25(23(26)14-19-9-5-4-6-10-19)15-20-17-28-22(24-20)16-27-21-11-7-8-18(2)13-21/h3-11,13,17H,1,12,14-16H2,2H3. The second-order valence-corrected chi connectivity index (χ2v) is 7.51. The summed E-state index contributed by atoms with van der Waals surface area (Å²) in [6.07, 6.45) is 2.12. The summed E-state index contributed by atoms with van der Waals surface area (Å²) in [5, 5.41) is 2.88. The van der Waals surface area contributed by atoms with Crippen molar-refractivity contribution in [3.8, 4) is 5.75 Å². The number of carbonyl (C=O) groups is 1. The van der Waals surface area contributed by atoms with Crippen molar-refractivity contribution in [2.45, 2.75) is 26.5 Å². The van der Waals surface area contributed by atoms with E-state index < -0.39 is 0 Å². The Balaban J connectivity index is 1.59. The molecule has 0 saturated carbocycles. The van der Waals surface area contributed by atoms with Crippen LogP contribution in [-0.2, 0) is 24.4 Å². The largest absolute Gasteiger partial charge is 0.486 e. The second-order valence-electron chi connectivity index (χ2n) is 6.56. The molecule has 0 spiro atoms. The summed E-state index contributed by atoms with van der Waals surface area (Å²) < 4.78 is 5.82. The molecule has 0 aliphatic rings. The monoisotopic (exact) mass is 392 g/mol. The van der Waals surface area contributed by atoms with E-state index in [9.17, 15) is 4.79 Å². The van der Waals surface area contributed by atoms with E-state index in [4.69, 9.17) is 4.74 Å². The van der Waals surface area contributed by atoms with Crippen molar-refractivity contribution in [3.05, 3.63) is 94.5 Å². The molecular weight excluding hydrogens is 368 g/mol. The molecule has 1 heterocycles. The third-order valence-electron chi connectivity index (χ3n) is 4.20. The molecule has 0 saturated heterocycles. The average Bonchev–Trinajstić information content (AvgIpc) is 3.14. The Labute approximate surface area is 170 Å². The van der Waals surface area contributed by atoms with Crippen molar-refractivity contribution in [2.75, 3.05) is 6.54 Å². The lowest BCUT2D eigenvalue weighted by molar-refractivity contribution is -0.130. The Morgan fingerprint density at radius 1 is 1.21 bits per heavy atom. The lowest BCUT2D eigenvalue weighted by Crippen LogP contribution is -2.32. The Kier molecular flexibility index (Phi) is 6.98. The highest BCUT2D eigenvalue weighted by Crippen LogP contribution is 2.18. The van der Waals surface area contributed by atoms with Crippen LogP contribution < -0.4 is 4.74 Å². The van der Waals surface area contributed by atoms with Crippen LogP contribution in [0.4, 0.5) is 0 Å². The molecule has 0 N–H and O–H groups in total. The van der Waals surface area contributed by atoms with E-state index in [0.717, 1.165) is 27.6 Å². The van der Waals surface area contributed by atoms with Crippen LogP contribution in [0.1, 0.15) is 21.8 Å². The van der Waals surface area contributed by atoms with E-state index in [1.807, 2.05) is 66.9 Å². The predicted molar refractivity (Wildman–Crippen MR) is 113 cm³/mol. The molecule has 0 unspecified atom stereocenters. The van der Waals surface area contributed by atoms with E-state index in [1.54, 1.807) is 22.3 Å². The van der Waals surface area contributed by atoms with Crippen LogP contribution in [0.2, 0.25) is 0 Å². The normalized spacial score (nSPS) is 10.5. The van der Waals surface area contributed by atoms with Gasteiger partial charge in [0.05, 0.1) is 18.7 Å². The molecule has 4 nitrogen and oxygen atoms in total. The SMILES string of the molecule is C=CCN(Cc1csc(COc2cccc(C)c2)n1)C(=O)Cc1ccccc1. The zero-order valence-corrected chi connectivity index (χ0v) is 16.8. The first-order valence-electron chi connectivity index (χ1n) is 9.19. The molecule has 1 amide bonds. The zero-order valence-electron chi connectivity index (χ0n) is 16.0. The van der Waals surface area contributed by atoms with Gasteiger partial charge in [-0.3, -0.25) is 4.79 Å². The van der Waals surface area contributed by atoms with Crippen LogP contribution in [0.25, 0.3) is 0 Å². The highest BCUT2D eigenvalue weighted by atomic mass is 32.1. The van der Waals surface area contributed by atoms with Gasteiger partial charge >= 0.3 is 0 Å². The van der Waals surface area contributed by atoms with E-state index >= 15 is 0 Å². The summed E-state index contributed by atoms with van der Waals surface area (Å²) in [5.74, 6) is 0.903. The number of aryl methyl sites for hydroxylation is 1. The molecule has 3 aromatic rings. The predicted octanol–water partition coefficient (Wildman–Crippen LogP) is 4.79. The Morgan fingerprint density at radius 2 is 2.04 bits per heavy atom. The fourth-order valence-corrected chi connectivity index (χ4v) is 3.52. The summed E-state index contributed by atoms with van der Waals surface area (Å²) in [6, 6.07) is 17.7. The van der Waals surface area contributed by atoms with Crippen molar-refractivity contribution in [1.29, 1.82) is 0 Å². The molecule has 0 bridgehead atoms. The van der Waals surface area contributed by atoms with Crippen LogP contribution in [0.5, 0.6) is 5.75 Å². The molecule has 1 aromatic heterocycles. The Morgan fingerprint density at radius 3 is 2.79 bits per heavy atom. The van der Waals surface area contributed by atoms with Crippen LogP contribution in [0.3, 0.4) is 0 Å². The molecule has 2 aromatic carbocycles. The average molecular weight is 393 g/mol. The first kappa shape index (κ1) is 19.8. The highest BCUT2D eigenvalue weighted by Gasteiger charge is 2.15. The molecule has 0 aliphatic carbocycles. The van der Waals surface area contributed by atoms with Crippen LogP contribution >= 0.6 is 11.3 Å². The quantitative estimate of drug-likeness (QED) is 0.492. The fraction of sp³-hybridized carbons (Fsp3) is 0.217. The van der Waals surface area contributed by atoms with Gasteiger partial charge in [0.2, 0.25) is 5.91 Å². The highest BCUT2D eigenvalue weighted by molar-refractivity contribution is 7.09. The summed E-state index contributed by atoms with van der Waals surface area (Å²) in [7, 11) is 0. The van der Waals surface area contributed by atoms with Crippen molar-refractivity contribution in [2.24, 2.45) is 0 Å². The van der Waals surface area contributed by atoms with E-state index in [-0.39, 0.29) is 5.91 Å². The topological polar surface area (TPSA) is 42.4 Å². The van der Waals surface area contributed by atoms with Gasteiger partial charge < -0.3 is 9.64 Å². The minimum Gasteiger partial charge on any atom is -0.486 e. The molecule has 0 atom stereocenters.